The van der Waals surface area contributed by atoms with Gasteiger partial charge in [0, 0.05) is 23.9 Å². The fourth-order valence-corrected chi connectivity index (χ4v) is 6.60. The number of benzene rings is 1. The molecule has 8 heteroatoms. The summed E-state index contributed by atoms with van der Waals surface area (Å²) in [4.78, 5) is 11.8. The molecule has 3 fully saturated rings. The van der Waals surface area contributed by atoms with Gasteiger partial charge >= 0.3 is 0 Å². The van der Waals surface area contributed by atoms with Crippen LogP contribution in [0.2, 0.25) is 0 Å². The second-order valence-electron chi connectivity index (χ2n) is 8.41. The summed E-state index contributed by atoms with van der Waals surface area (Å²) in [6, 6.07) is 9.47. The van der Waals surface area contributed by atoms with Gasteiger partial charge in [-0.2, -0.15) is 0 Å². The number of nitrogens with zero attached hydrogens (tertiary/aromatic N) is 3. The predicted octanol–water partition coefficient (Wildman–Crippen LogP) is 2.52. The number of nitrogens with two attached hydrogens (primary N) is 1. The summed E-state index contributed by atoms with van der Waals surface area (Å²) in [6.07, 6.45) is 2.82. The molecule has 0 spiro atoms. The number of rotatable bonds is 5. The molecule has 0 bridgehead atoms. The van der Waals surface area contributed by atoms with Crippen molar-refractivity contribution < 1.29 is 13.2 Å². The lowest BCUT2D eigenvalue weighted by Gasteiger charge is -2.34. The molecule has 1 atom stereocenters. The molecule has 2 aliphatic carbocycles. The molecule has 2 N–H and O–H groups in total. The second-order valence-corrected chi connectivity index (χ2v) is 11.0. The molecular weight excluding hydrogens is 388 g/mol. The Labute approximate surface area is 171 Å². The van der Waals surface area contributed by atoms with Gasteiger partial charge in [-0.05, 0) is 56.9 Å². The lowest BCUT2D eigenvalue weighted by molar-refractivity contribution is 0.0985. The van der Waals surface area contributed by atoms with Crippen LogP contribution in [0.1, 0.15) is 38.3 Å². The highest BCUT2D eigenvalue weighted by molar-refractivity contribution is 7.93. The first-order valence-electron chi connectivity index (χ1n) is 10.2. The van der Waals surface area contributed by atoms with Crippen LogP contribution < -0.4 is 10.6 Å². The first kappa shape index (κ1) is 18.8. The van der Waals surface area contributed by atoms with Gasteiger partial charge in [0.25, 0.3) is 0 Å². The van der Waals surface area contributed by atoms with Crippen molar-refractivity contribution >= 4 is 21.3 Å². The Kier molecular flexibility index (Phi) is 4.33. The molecule has 0 amide bonds. The van der Waals surface area contributed by atoms with Crippen LogP contribution in [-0.4, -0.2) is 49.4 Å². The van der Waals surface area contributed by atoms with Crippen LogP contribution in [0.15, 0.2) is 30.3 Å². The van der Waals surface area contributed by atoms with E-state index in [1.807, 2.05) is 30.3 Å². The van der Waals surface area contributed by atoms with Crippen molar-refractivity contribution in [2.75, 3.05) is 30.4 Å². The Bertz CT molecular complexity index is 1030. The van der Waals surface area contributed by atoms with Crippen molar-refractivity contribution in [3.05, 3.63) is 36.0 Å². The highest BCUT2D eigenvalue weighted by Crippen LogP contribution is 2.57. The maximum Gasteiger partial charge on any atom is 0.164 e. The van der Waals surface area contributed by atoms with Gasteiger partial charge in [-0.15, -0.1) is 0 Å². The van der Waals surface area contributed by atoms with Crippen LogP contribution in [-0.2, 0) is 19.3 Å². The molecule has 2 aromatic rings. The van der Waals surface area contributed by atoms with Crippen LogP contribution in [0.4, 0.5) is 11.5 Å². The number of aromatic nitrogens is 2. The number of anilines is 2. The Hall–Kier alpha value is -2.19. The van der Waals surface area contributed by atoms with Gasteiger partial charge in [-0.3, -0.25) is 0 Å². The molecule has 2 saturated carbocycles. The summed E-state index contributed by atoms with van der Waals surface area (Å²) in [6.45, 7) is 4.08. The van der Waals surface area contributed by atoms with Crippen LogP contribution >= 0.6 is 0 Å². The van der Waals surface area contributed by atoms with E-state index < -0.39 is 14.6 Å². The molecule has 1 aliphatic heterocycles. The van der Waals surface area contributed by atoms with Gasteiger partial charge in [0.1, 0.15) is 10.6 Å². The summed E-state index contributed by atoms with van der Waals surface area (Å²) in [5.41, 5.74) is 7.98. The van der Waals surface area contributed by atoms with Crippen LogP contribution in [0.3, 0.4) is 0 Å². The van der Waals surface area contributed by atoms with Gasteiger partial charge in [0.15, 0.2) is 15.7 Å². The molecule has 2 heterocycles. The third kappa shape index (κ3) is 3.18. The molecule has 0 radical (unpaired) electrons. The number of hydrogen-bond acceptors (Lipinski definition) is 7. The molecule has 29 heavy (non-hydrogen) atoms. The van der Waals surface area contributed by atoms with Gasteiger partial charge < -0.3 is 15.4 Å². The normalized spacial score (nSPS) is 23.8. The molecule has 1 aromatic carbocycles. The van der Waals surface area contributed by atoms with Crippen molar-refractivity contribution in [3.63, 3.8) is 0 Å². The zero-order chi connectivity index (χ0) is 20.2. The molecule has 154 valence electrons. The summed E-state index contributed by atoms with van der Waals surface area (Å²) in [5, 5.41) is -0.203. The van der Waals surface area contributed by atoms with E-state index >= 15 is 0 Å². The van der Waals surface area contributed by atoms with Gasteiger partial charge in [-0.1, -0.05) is 0 Å². The maximum absolute atomic E-state index is 13.2. The first-order chi connectivity index (χ1) is 13.9. The molecular formula is C21H26N4O3S. The monoisotopic (exact) mass is 414 g/mol. The van der Waals surface area contributed by atoms with Crippen molar-refractivity contribution in [1.29, 1.82) is 0 Å². The van der Waals surface area contributed by atoms with Gasteiger partial charge in [0.2, 0.25) is 0 Å². The van der Waals surface area contributed by atoms with Crippen LogP contribution in [0, 0.1) is 0 Å². The summed E-state index contributed by atoms with van der Waals surface area (Å²) in [5.74, 6) is 1.32. The zero-order valence-corrected chi connectivity index (χ0v) is 17.4. The van der Waals surface area contributed by atoms with E-state index in [1.165, 1.54) is 0 Å². The van der Waals surface area contributed by atoms with Crippen molar-refractivity contribution in [2.24, 2.45) is 0 Å². The average Bonchev–Trinajstić information content (AvgIpc) is 3.61. The summed E-state index contributed by atoms with van der Waals surface area (Å²) in [7, 11) is -3.23. The third-order valence-electron chi connectivity index (χ3n) is 6.22. The highest BCUT2D eigenvalue weighted by atomic mass is 32.2. The average molecular weight is 415 g/mol. The molecule has 0 unspecified atom stereocenters. The smallest absolute Gasteiger partial charge is 0.164 e. The lowest BCUT2D eigenvalue weighted by atomic mass is 10.1. The molecule has 7 nitrogen and oxygen atoms in total. The minimum atomic E-state index is -3.23. The highest BCUT2D eigenvalue weighted by Gasteiger charge is 2.61. The number of nitrogen functional groups attached to an aromatic ring is 1. The van der Waals surface area contributed by atoms with Crippen LogP contribution in [0.25, 0.3) is 11.4 Å². The van der Waals surface area contributed by atoms with Crippen LogP contribution in [0.5, 0.6) is 0 Å². The van der Waals surface area contributed by atoms with Crippen molar-refractivity contribution in [1.82, 2.24) is 9.97 Å². The largest absolute Gasteiger partial charge is 0.399 e. The van der Waals surface area contributed by atoms with Crippen molar-refractivity contribution in [3.8, 4) is 11.4 Å². The third-order valence-corrected chi connectivity index (χ3v) is 9.28. The zero-order valence-electron chi connectivity index (χ0n) is 16.5. The maximum atomic E-state index is 13.2. The molecule has 1 saturated heterocycles. The van der Waals surface area contributed by atoms with E-state index in [1.54, 1.807) is 0 Å². The first-order valence-corrected chi connectivity index (χ1v) is 11.8. The van der Waals surface area contributed by atoms with E-state index in [9.17, 15) is 8.42 Å². The molecule has 5 rings (SSSR count). The van der Waals surface area contributed by atoms with Crippen molar-refractivity contribution in [2.45, 2.75) is 48.6 Å². The Morgan fingerprint density at radius 1 is 1.17 bits per heavy atom. The summed E-state index contributed by atoms with van der Waals surface area (Å²) >= 11 is 0. The van der Waals surface area contributed by atoms with E-state index in [4.69, 9.17) is 20.4 Å². The summed E-state index contributed by atoms with van der Waals surface area (Å²) < 4.78 is 31.1. The van der Waals surface area contributed by atoms with E-state index in [2.05, 4.69) is 11.8 Å². The minimum absolute atomic E-state index is 0.168. The van der Waals surface area contributed by atoms with E-state index in [-0.39, 0.29) is 11.3 Å². The lowest BCUT2D eigenvalue weighted by Crippen LogP contribution is -2.44. The number of sulfone groups is 1. The van der Waals surface area contributed by atoms with Gasteiger partial charge in [-0.25, -0.2) is 18.4 Å². The fraction of sp³-hybridized carbons (Fsp3) is 0.524. The number of ether oxygens (including phenoxy) is 1. The minimum Gasteiger partial charge on any atom is -0.399 e. The predicted molar refractivity (Wildman–Crippen MR) is 112 cm³/mol. The Balaban J connectivity index is 1.63. The Morgan fingerprint density at radius 3 is 2.52 bits per heavy atom. The van der Waals surface area contributed by atoms with Gasteiger partial charge in [0.05, 0.1) is 30.2 Å². The topological polar surface area (TPSA) is 98.4 Å². The molecule has 3 aliphatic rings. The van der Waals surface area contributed by atoms with E-state index in [0.717, 1.165) is 30.8 Å². The quantitative estimate of drug-likeness (QED) is 0.751. The van der Waals surface area contributed by atoms with E-state index in [0.29, 0.717) is 43.3 Å². The standard InChI is InChI=1S/C21H26N4O3S/c1-14-13-28-11-10-25(14)19-12-18(21(8-9-21)29(26,27)17-6-7-17)23-20(24-19)15-2-4-16(22)5-3-15/h2-5,12,14,17H,6-11,13,22H2,1H3/t14-/m0/s1. The SMILES string of the molecule is C[C@H]1COCCN1c1cc(C2(S(=O)(=O)C3CC3)CC2)nc(-c2ccc(N)cc2)n1. The Morgan fingerprint density at radius 2 is 1.90 bits per heavy atom. The second kappa shape index (κ2) is 6.67. The number of morpholine rings is 1. The molecule has 1 aromatic heterocycles. The number of hydrogen-bond donors (Lipinski definition) is 1. The fourth-order valence-electron chi connectivity index (χ4n) is 4.14.